The number of fused-ring (bicyclic) bond motifs is 1. The third kappa shape index (κ3) is 2.81. The predicted molar refractivity (Wildman–Crippen MR) is 74.2 cm³/mol. The van der Waals surface area contributed by atoms with E-state index in [1.54, 1.807) is 0 Å². The van der Waals surface area contributed by atoms with Crippen LogP contribution in [0.1, 0.15) is 25.5 Å². The third-order valence-electron chi connectivity index (χ3n) is 3.06. The van der Waals surface area contributed by atoms with Crippen molar-refractivity contribution in [2.45, 2.75) is 32.7 Å². The van der Waals surface area contributed by atoms with Gasteiger partial charge in [-0.2, -0.15) is 5.10 Å². The largest absolute Gasteiger partial charge is 0.480 e. The molecule has 5 nitrogen and oxygen atoms in total. The molecule has 1 aromatic heterocycles. The predicted octanol–water partition coefficient (Wildman–Crippen LogP) is 2.60. The van der Waals surface area contributed by atoms with E-state index >= 15 is 0 Å². The summed E-state index contributed by atoms with van der Waals surface area (Å²) in [4.78, 5) is 11.2. The van der Waals surface area contributed by atoms with Crippen LogP contribution in [0, 0.1) is 6.92 Å². The summed E-state index contributed by atoms with van der Waals surface area (Å²) in [6.45, 7) is 3.84. The van der Waals surface area contributed by atoms with Crippen LogP contribution < -0.4 is 5.32 Å². The molecule has 1 heterocycles. The Morgan fingerprint density at radius 3 is 2.63 bits per heavy atom. The Morgan fingerprint density at radius 2 is 2.00 bits per heavy atom. The fraction of sp³-hybridized carbons (Fsp3) is 0.357. The maximum Gasteiger partial charge on any atom is 0.326 e. The second kappa shape index (κ2) is 5.65. The standard InChI is InChI=1S/C14H17N3O2/c1-3-6-12(14(18)19)15-13-11-8-5-4-7-10(11)9(2)16-17-13/h4-5,7-8,12H,3,6H2,1-2H3,(H,15,17)(H,18,19). The number of hydrogen-bond acceptors (Lipinski definition) is 4. The fourth-order valence-electron chi connectivity index (χ4n) is 2.06. The summed E-state index contributed by atoms with van der Waals surface area (Å²) >= 11 is 0. The first-order valence-electron chi connectivity index (χ1n) is 6.35. The number of benzene rings is 1. The summed E-state index contributed by atoms with van der Waals surface area (Å²) in [7, 11) is 0. The van der Waals surface area contributed by atoms with E-state index in [0.29, 0.717) is 12.2 Å². The minimum absolute atomic E-state index is 0.530. The number of aryl methyl sites for hydroxylation is 1. The maximum atomic E-state index is 11.2. The minimum Gasteiger partial charge on any atom is -0.480 e. The second-order valence-electron chi connectivity index (χ2n) is 4.50. The summed E-state index contributed by atoms with van der Waals surface area (Å²) in [6.07, 6.45) is 1.35. The van der Waals surface area contributed by atoms with E-state index < -0.39 is 12.0 Å². The average molecular weight is 259 g/mol. The Hall–Kier alpha value is -2.17. The molecule has 0 saturated carbocycles. The first-order chi connectivity index (χ1) is 9.13. The smallest absolute Gasteiger partial charge is 0.326 e. The zero-order chi connectivity index (χ0) is 13.8. The highest BCUT2D eigenvalue weighted by molar-refractivity contribution is 5.94. The SMILES string of the molecule is CCCC(Nc1nnc(C)c2ccccc12)C(=O)O. The summed E-state index contributed by atoms with van der Waals surface area (Å²) in [5.41, 5.74) is 0.837. The van der Waals surface area contributed by atoms with Crippen molar-refractivity contribution in [1.29, 1.82) is 0 Å². The molecule has 2 N–H and O–H groups in total. The molecule has 0 aliphatic rings. The monoisotopic (exact) mass is 259 g/mol. The van der Waals surface area contributed by atoms with E-state index in [4.69, 9.17) is 0 Å². The summed E-state index contributed by atoms with van der Waals surface area (Å²) < 4.78 is 0. The first kappa shape index (κ1) is 13.3. The van der Waals surface area contributed by atoms with Crippen molar-refractivity contribution in [3.05, 3.63) is 30.0 Å². The van der Waals surface area contributed by atoms with Gasteiger partial charge < -0.3 is 10.4 Å². The zero-order valence-electron chi connectivity index (χ0n) is 11.1. The lowest BCUT2D eigenvalue weighted by atomic mass is 10.1. The normalized spacial score (nSPS) is 12.3. The van der Waals surface area contributed by atoms with E-state index in [-0.39, 0.29) is 0 Å². The summed E-state index contributed by atoms with van der Waals surface area (Å²) in [6, 6.07) is 7.08. The number of carboxylic acids is 1. The molecule has 2 aromatic rings. The van der Waals surface area contributed by atoms with E-state index in [2.05, 4.69) is 15.5 Å². The second-order valence-corrected chi connectivity index (χ2v) is 4.50. The van der Waals surface area contributed by atoms with Gasteiger partial charge in [-0.15, -0.1) is 5.10 Å². The number of aromatic nitrogens is 2. The highest BCUT2D eigenvalue weighted by Crippen LogP contribution is 2.23. The van der Waals surface area contributed by atoms with Crippen LogP contribution in [0.5, 0.6) is 0 Å². The lowest BCUT2D eigenvalue weighted by molar-refractivity contribution is -0.138. The Labute approximate surface area is 111 Å². The van der Waals surface area contributed by atoms with Gasteiger partial charge in [0, 0.05) is 10.8 Å². The number of aliphatic carboxylic acids is 1. The molecule has 0 bridgehead atoms. The molecule has 0 radical (unpaired) electrons. The quantitative estimate of drug-likeness (QED) is 0.863. The van der Waals surface area contributed by atoms with Crippen molar-refractivity contribution in [2.24, 2.45) is 0 Å². The Kier molecular flexibility index (Phi) is 3.94. The molecule has 0 fully saturated rings. The van der Waals surface area contributed by atoms with Crippen LogP contribution in [-0.2, 0) is 4.79 Å². The van der Waals surface area contributed by atoms with Gasteiger partial charge in [0.15, 0.2) is 5.82 Å². The molecule has 2 rings (SSSR count). The molecule has 1 aromatic carbocycles. The molecule has 1 atom stereocenters. The molecule has 0 aliphatic carbocycles. The van der Waals surface area contributed by atoms with Crippen LogP contribution in [0.3, 0.4) is 0 Å². The van der Waals surface area contributed by atoms with Crippen LogP contribution in [0.25, 0.3) is 10.8 Å². The fourth-order valence-corrected chi connectivity index (χ4v) is 2.06. The van der Waals surface area contributed by atoms with Gasteiger partial charge in [-0.3, -0.25) is 0 Å². The Bertz CT molecular complexity index is 598. The van der Waals surface area contributed by atoms with Crippen molar-refractivity contribution in [3.63, 3.8) is 0 Å². The Morgan fingerprint density at radius 1 is 1.32 bits per heavy atom. The van der Waals surface area contributed by atoms with Crippen LogP contribution >= 0.6 is 0 Å². The molecule has 100 valence electrons. The van der Waals surface area contributed by atoms with E-state index in [1.165, 1.54) is 0 Å². The van der Waals surface area contributed by atoms with Gasteiger partial charge in [-0.05, 0) is 13.3 Å². The number of hydrogen-bond donors (Lipinski definition) is 2. The van der Waals surface area contributed by atoms with Gasteiger partial charge in [0.2, 0.25) is 0 Å². The maximum absolute atomic E-state index is 11.2. The van der Waals surface area contributed by atoms with Crippen molar-refractivity contribution in [3.8, 4) is 0 Å². The molecule has 0 saturated heterocycles. The average Bonchev–Trinajstić information content (AvgIpc) is 2.41. The molecule has 5 heteroatoms. The molecular weight excluding hydrogens is 242 g/mol. The molecule has 0 amide bonds. The lowest BCUT2D eigenvalue weighted by Gasteiger charge is -2.15. The summed E-state index contributed by atoms with van der Waals surface area (Å²) in [5, 5.41) is 22.2. The van der Waals surface area contributed by atoms with Crippen molar-refractivity contribution >= 4 is 22.6 Å². The highest BCUT2D eigenvalue weighted by atomic mass is 16.4. The van der Waals surface area contributed by atoms with Crippen LogP contribution in [0.2, 0.25) is 0 Å². The number of carbonyl (C=O) groups is 1. The van der Waals surface area contributed by atoms with Gasteiger partial charge in [0.05, 0.1) is 5.69 Å². The molecule has 0 aliphatic heterocycles. The minimum atomic E-state index is -0.867. The van der Waals surface area contributed by atoms with Gasteiger partial charge in [0.1, 0.15) is 6.04 Å². The van der Waals surface area contributed by atoms with Gasteiger partial charge in [-0.25, -0.2) is 4.79 Å². The van der Waals surface area contributed by atoms with Gasteiger partial charge >= 0.3 is 5.97 Å². The number of anilines is 1. The molecule has 0 spiro atoms. The molecule has 19 heavy (non-hydrogen) atoms. The highest BCUT2D eigenvalue weighted by Gasteiger charge is 2.18. The van der Waals surface area contributed by atoms with Crippen LogP contribution in [-0.4, -0.2) is 27.3 Å². The Balaban J connectivity index is 2.40. The molecule has 1 unspecified atom stereocenters. The number of carboxylic acid groups (broad SMARTS) is 1. The lowest BCUT2D eigenvalue weighted by Crippen LogP contribution is -2.29. The van der Waals surface area contributed by atoms with E-state index in [1.807, 2.05) is 38.1 Å². The number of nitrogens with zero attached hydrogens (tertiary/aromatic N) is 2. The first-order valence-corrected chi connectivity index (χ1v) is 6.35. The van der Waals surface area contributed by atoms with Gasteiger partial charge in [-0.1, -0.05) is 37.6 Å². The van der Waals surface area contributed by atoms with E-state index in [9.17, 15) is 9.90 Å². The number of nitrogens with one attached hydrogen (secondary N) is 1. The molecular formula is C14H17N3O2. The van der Waals surface area contributed by atoms with Crippen molar-refractivity contribution in [2.75, 3.05) is 5.32 Å². The zero-order valence-corrected chi connectivity index (χ0v) is 11.1. The number of rotatable bonds is 5. The topological polar surface area (TPSA) is 75.1 Å². The van der Waals surface area contributed by atoms with Crippen molar-refractivity contribution in [1.82, 2.24) is 10.2 Å². The third-order valence-corrected chi connectivity index (χ3v) is 3.06. The van der Waals surface area contributed by atoms with Crippen LogP contribution in [0.15, 0.2) is 24.3 Å². The van der Waals surface area contributed by atoms with Gasteiger partial charge in [0.25, 0.3) is 0 Å². The van der Waals surface area contributed by atoms with E-state index in [0.717, 1.165) is 22.9 Å². The van der Waals surface area contributed by atoms with Crippen molar-refractivity contribution < 1.29 is 9.90 Å². The van der Waals surface area contributed by atoms with Crippen LogP contribution in [0.4, 0.5) is 5.82 Å². The summed E-state index contributed by atoms with van der Waals surface area (Å²) in [5.74, 6) is -0.338.